The zero-order chi connectivity index (χ0) is 18.2. The summed E-state index contributed by atoms with van der Waals surface area (Å²) in [4.78, 5) is 11.7. The lowest BCUT2D eigenvalue weighted by Crippen LogP contribution is -2.44. The fourth-order valence-electron chi connectivity index (χ4n) is 3.35. The highest BCUT2D eigenvalue weighted by molar-refractivity contribution is 5.79. The molecule has 2 aromatic rings. The number of oxazole rings is 1. The lowest BCUT2D eigenvalue weighted by atomic mass is 10.2. The summed E-state index contributed by atoms with van der Waals surface area (Å²) in [5, 5.41) is 6.78. The van der Waals surface area contributed by atoms with Gasteiger partial charge in [-0.25, -0.2) is 9.98 Å². The Balaban J connectivity index is 1.58. The summed E-state index contributed by atoms with van der Waals surface area (Å²) in [6.07, 6.45) is 4.23. The van der Waals surface area contributed by atoms with Crippen molar-refractivity contribution < 1.29 is 4.42 Å². The molecule has 1 aromatic heterocycles. The topological polar surface area (TPSA) is 65.7 Å². The largest absolute Gasteiger partial charge is 0.444 e. The van der Waals surface area contributed by atoms with E-state index < -0.39 is 0 Å². The van der Waals surface area contributed by atoms with Gasteiger partial charge in [-0.15, -0.1) is 0 Å². The fourth-order valence-corrected chi connectivity index (χ4v) is 3.35. The molecule has 0 radical (unpaired) electrons. The number of rotatable bonds is 7. The third kappa shape index (κ3) is 4.85. The molecule has 1 aliphatic heterocycles. The summed E-state index contributed by atoms with van der Waals surface area (Å²) in [7, 11) is 0. The third-order valence-corrected chi connectivity index (χ3v) is 4.73. The molecule has 0 saturated carbocycles. The van der Waals surface area contributed by atoms with Crippen LogP contribution in [0.15, 0.2) is 46.0 Å². The second-order valence-electron chi connectivity index (χ2n) is 6.51. The maximum Gasteiger partial charge on any atom is 0.226 e. The maximum atomic E-state index is 5.58. The highest BCUT2D eigenvalue weighted by atomic mass is 16.3. The van der Waals surface area contributed by atoms with Crippen LogP contribution in [0.5, 0.6) is 0 Å². The number of hydrogen-bond donors (Lipinski definition) is 2. The van der Waals surface area contributed by atoms with Gasteiger partial charge in [0.1, 0.15) is 12.0 Å². The van der Waals surface area contributed by atoms with E-state index in [-0.39, 0.29) is 0 Å². The van der Waals surface area contributed by atoms with Crippen molar-refractivity contribution in [1.82, 2.24) is 20.5 Å². The third-order valence-electron chi connectivity index (χ3n) is 4.73. The molecule has 0 spiro atoms. The maximum absolute atomic E-state index is 5.58. The van der Waals surface area contributed by atoms with E-state index in [4.69, 9.17) is 4.42 Å². The van der Waals surface area contributed by atoms with Crippen LogP contribution in [-0.2, 0) is 6.54 Å². The molecule has 2 heterocycles. The van der Waals surface area contributed by atoms with Gasteiger partial charge in [-0.2, -0.15) is 0 Å². The highest BCUT2D eigenvalue weighted by Gasteiger charge is 2.22. The minimum absolute atomic E-state index is 0.494. The van der Waals surface area contributed by atoms with E-state index >= 15 is 0 Å². The Morgan fingerprint density at radius 3 is 2.88 bits per heavy atom. The Kier molecular flexibility index (Phi) is 6.66. The molecule has 3 rings (SSSR count). The van der Waals surface area contributed by atoms with Gasteiger partial charge in [0, 0.05) is 24.7 Å². The molecular weight excluding hydrogens is 326 g/mol. The number of aromatic nitrogens is 1. The summed E-state index contributed by atoms with van der Waals surface area (Å²) in [6, 6.07) is 10.5. The average Bonchev–Trinajstić information content (AvgIpc) is 3.34. The van der Waals surface area contributed by atoms with Gasteiger partial charge in [0.2, 0.25) is 5.89 Å². The predicted octanol–water partition coefficient (Wildman–Crippen LogP) is 2.88. The van der Waals surface area contributed by atoms with E-state index in [1.54, 1.807) is 6.26 Å². The van der Waals surface area contributed by atoms with Crippen LogP contribution < -0.4 is 10.6 Å². The van der Waals surface area contributed by atoms with Crippen LogP contribution in [0.1, 0.15) is 32.4 Å². The summed E-state index contributed by atoms with van der Waals surface area (Å²) < 4.78 is 5.58. The number of benzene rings is 1. The van der Waals surface area contributed by atoms with Gasteiger partial charge in [-0.3, -0.25) is 4.90 Å². The summed E-state index contributed by atoms with van der Waals surface area (Å²) in [5.41, 5.74) is 1.81. The molecule has 140 valence electrons. The fraction of sp³-hybridized carbons (Fsp3) is 0.500. The van der Waals surface area contributed by atoms with Crippen LogP contribution in [-0.4, -0.2) is 48.1 Å². The second-order valence-corrected chi connectivity index (χ2v) is 6.51. The molecule has 1 aromatic carbocycles. The van der Waals surface area contributed by atoms with Gasteiger partial charge in [0.25, 0.3) is 0 Å². The number of aliphatic imine (C=N–C) groups is 1. The molecule has 2 N–H and O–H groups in total. The Bertz CT molecular complexity index is 697. The highest BCUT2D eigenvalue weighted by Crippen LogP contribution is 2.18. The Hall–Kier alpha value is -2.34. The van der Waals surface area contributed by atoms with Crippen LogP contribution in [0.3, 0.4) is 0 Å². The predicted molar refractivity (Wildman–Crippen MR) is 105 cm³/mol. The molecule has 1 fully saturated rings. The summed E-state index contributed by atoms with van der Waals surface area (Å²) >= 11 is 0. The number of likely N-dealkylation sites (N-methyl/N-ethyl adjacent to an activating group) is 1. The molecule has 6 nitrogen and oxygen atoms in total. The Morgan fingerprint density at radius 1 is 1.27 bits per heavy atom. The first kappa shape index (κ1) is 18.5. The molecular formula is C20H29N5O. The molecule has 0 amide bonds. The van der Waals surface area contributed by atoms with Crippen molar-refractivity contribution >= 4 is 5.96 Å². The van der Waals surface area contributed by atoms with E-state index in [2.05, 4.69) is 39.4 Å². The van der Waals surface area contributed by atoms with Crippen LogP contribution in [0, 0.1) is 0 Å². The van der Waals surface area contributed by atoms with E-state index in [0.29, 0.717) is 18.5 Å². The van der Waals surface area contributed by atoms with Crippen molar-refractivity contribution in [2.75, 3.05) is 26.2 Å². The Labute approximate surface area is 155 Å². The van der Waals surface area contributed by atoms with Gasteiger partial charge < -0.3 is 15.1 Å². The summed E-state index contributed by atoms with van der Waals surface area (Å²) in [6.45, 7) is 8.88. The lowest BCUT2D eigenvalue weighted by Gasteiger charge is -2.23. The van der Waals surface area contributed by atoms with Crippen molar-refractivity contribution in [2.45, 2.75) is 39.3 Å². The minimum atomic E-state index is 0.494. The quantitative estimate of drug-likeness (QED) is 0.591. The zero-order valence-corrected chi connectivity index (χ0v) is 15.7. The molecule has 0 aliphatic carbocycles. The van der Waals surface area contributed by atoms with Crippen molar-refractivity contribution in [3.63, 3.8) is 0 Å². The Morgan fingerprint density at radius 2 is 2.12 bits per heavy atom. The monoisotopic (exact) mass is 355 g/mol. The van der Waals surface area contributed by atoms with Gasteiger partial charge in [-0.05, 0) is 45.0 Å². The number of hydrogen-bond acceptors (Lipinski definition) is 4. The molecule has 6 heteroatoms. The SMILES string of the molecule is CCNC(=NCc1coc(-c2ccccc2)n1)NCC1CCCN1CC. The number of likely N-dealkylation sites (tertiary alicyclic amines) is 1. The molecule has 1 unspecified atom stereocenters. The van der Waals surface area contributed by atoms with Gasteiger partial charge in [-0.1, -0.05) is 25.1 Å². The standard InChI is InChI=1S/C20H29N5O/c1-3-21-20(23-14-18-11-8-12-25(18)4-2)22-13-17-15-26-19(24-17)16-9-6-5-7-10-16/h5-7,9-10,15,18H,3-4,8,11-14H2,1-2H3,(H2,21,22,23). The number of guanidine groups is 1. The second kappa shape index (κ2) is 9.38. The average molecular weight is 355 g/mol. The van der Waals surface area contributed by atoms with E-state index in [9.17, 15) is 0 Å². The van der Waals surface area contributed by atoms with Crippen LogP contribution in [0.2, 0.25) is 0 Å². The molecule has 1 atom stereocenters. The lowest BCUT2D eigenvalue weighted by molar-refractivity contribution is 0.267. The van der Waals surface area contributed by atoms with Crippen LogP contribution in [0.25, 0.3) is 11.5 Å². The molecule has 1 aliphatic rings. The van der Waals surface area contributed by atoms with Crippen molar-refractivity contribution in [1.29, 1.82) is 0 Å². The van der Waals surface area contributed by atoms with Crippen molar-refractivity contribution in [2.24, 2.45) is 4.99 Å². The summed E-state index contributed by atoms with van der Waals surface area (Å²) in [5.74, 6) is 1.47. The van der Waals surface area contributed by atoms with E-state index in [1.807, 2.05) is 30.3 Å². The van der Waals surface area contributed by atoms with E-state index in [1.165, 1.54) is 19.4 Å². The minimum Gasteiger partial charge on any atom is -0.444 e. The smallest absolute Gasteiger partial charge is 0.226 e. The first-order valence-electron chi connectivity index (χ1n) is 9.56. The zero-order valence-electron chi connectivity index (χ0n) is 15.7. The van der Waals surface area contributed by atoms with Crippen molar-refractivity contribution in [3.8, 4) is 11.5 Å². The van der Waals surface area contributed by atoms with Crippen molar-refractivity contribution in [3.05, 3.63) is 42.3 Å². The molecule has 1 saturated heterocycles. The van der Waals surface area contributed by atoms with Crippen LogP contribution >= 0.6 is 0 Å². The van der Waals surface area contributed by atoms with Crippen LogP contribution in [0.4, 0.5) is 0 Å². The van der Waals surface area contributed by atoms with Gasteiger partial charge in [0.05, 0.1) is 6.54 Å². The van der Waals surface area contributed by atoms with E-state index in [0.717, 1.165) is 36.9 Å². The number of nitrogens with zero attached hydrogens (tertiary/aromatic N) is 3. The normalized spacial score (nSPS) is 18.2. The number of nitrogens with one attached hydrogen (secondary N) is 2. The first-order valence-corrected chi connectivity index (χ1v) is 9.56. The molecule has 26 heavy (non-hydrogen) atoms. The first-order chi connectivity index (χ1) is 12.8. The van der Waals surface area contributed by atoms with Gasteiger partial charge in [0.15, 0.2) is 5.96 Å². The molecule has 0 bridgehead atoms. The van der Waals surface area contributed by atoms with Gasteiger partial charge >= 0.3 is 0 Å².